The van der Waals surface area contributed by atoms with Crippen molar-refractivity contribution in [1.82, 2.24) is 20.1 Å². The van der Waals surface area contributed by atoms with Gasteiger partial charge in [0.2, 0.25) is 0 Å². The van der Waals surface area contributed by atoms with Gasteiger partial charge in [-0.2, -0.15) is 0 Å². The zero-order valence-electron chi connectivity index (χ0n) is 22.5. The van der Waals surface area contributed by atoms with E-state index in [1.165, 1.54) is 50.5 Å². The summed E-state index contributed by atoms with van der Waals surface area (Å²) >= 11 is 12.7. The lowest BCUT2D eigenvalue weighted by Crippen LogP contribution is -2.57. The number of aromatic nitrogens is 1. The molecule has 38 heavy (non-hydrogen) atoms. The van der Waals surface area contributed by atoms with Crippen molar-refractivity contribution in [2.24, 2.45) is 5.92 Å². The number of anilines is 1. The summed E-state index contributed by atoms with van der Waals surface area (Å²) in [5, 5.41) is 4.45. The van der Waals surface area contributed by atoms with Crippen molar-refractivity contribution in [3.8, 4) is 0 Å². The average molecular weight is 561 g/mol. The van der Waals surface area contributed by atoms with Crippen LogP contribution in [0.4, 0.5) is 5.82 Å². The Kier molecular flexibility index (Phi) is 9.47. The molecule has 3 heterocycles. The van der Waals surface area contributed by atoms with Gasteiger partial charge >= 0.3 is 0 Å². The van der Waals surface area contributed by atoms with Gasteiger partial charge < -0.3 is 10.2 Å². The van der Waals surface area contributed by atoms with E-state index in [-0.39, 0.29) is 7.33 Å². The minimum absolute atomic E-state index is 0. The van der Waals surface area contributed by atoms with Crippen molar-refractivity contribution >= 4 is 34.9 Å². The Morgan fingerprint density at radius 1 is 1.03 bits per heavy atom. The Labute approximate surface area is 239 Å². The Bertz CT molecular complexity index is 1070. The SMILES string of the molecule is C[C@H]1CN(c2ncc(C(=O)NCC3CCCCC3)cc2Cl)CCN1C1CCN(Cc2ccc(Cl)cc2)CC1.[HH]. The van der Waals surface area contributed by atoms with Crippen LogP contribution in [-0.4, -0.2) is 72.0 Å². The van der Waals surface area contributed by atoms with Crippen molar-refractivity contribution in [3.05, 3.63) is 57.7 Å². The molecule has 1 aromatic carbocycles. The highest BCUT2D eigenvalue weighted by atomic mass is 35.5. The number of rotatable bonds is 7. The number of benzene rings is 1. The molecule has 2 saturated heterocycles. The van der Waals surface area contributed by atoms with Crippen molar-refractivity contribution in [2.75, 3.05) is 44.2 Å². The van der Waals surface area contributed by atoms with E-state index in [1.54, 1.807) is 12.3 Å². The maximum atomic E-state index is 12.7. The average Bonchev–Trinajstić information content (AvgIpc) is 2.94. The van der Waals surface area contributed by atoms with Crippen molar-refractivity contribution in [3.63, 3.8) is 0 Å². The summed E-state index contributed by atoms with van der Waals surface area (Å²) in [6.07, 6.45) is 10.4. The molecule has 3 aliphatic rings. The topological polar surface area (TPSA) is 51.7 Å². The number of likely N-dealkylation sites (tertiary alicyclic amines) is 1. The number of carbonyl (C=O) groups is 1. The molecule has 1 saturated carbocycles. The van der Waals surface area contributed by atoms with E-state index in [2.05, 4.69) is 44.1 Å². The number of hydrogen-bond acceptors (Lipinski definition) is 5. The number of nitrogens with one attached hydrogen (secondary N) is 1. The number of piperazine rings is 1. The lowest BCUT2D eigenvalue weighted by Gasteiger charge is -2.47. The standard InChI is InChI=1S/C30H41Cl2N5O.H2/c1-22-20-36(29-28(32)17-25(19-33-29)30(38)34-18-23-5-3-2-4-6-23)15-16-37(22)27-11-13-35(14-12-27)21-24-7-9-26(31)10-8-24;/h7-10,17,19,22-23,27H,2-6,11-16,18,20-21H2,1H3,(H,34,38);1H/t22-;/m0./s1. The lowest BCUT2D eigenvalue weighted by molar-refractivity contribution is 0.0690. The number of piperidine rings is 1. The molecule has 3 fully saturated rings. The first-order valence-electron chi connectivity index (χ1n) is 14.4. The fraction of sp³-hybridized carbons (Fsp3) is 0.600. The fourth-order valence-electron chi connectivity index (χ4n) is 6.48. The molecule has 0 spiro atoms. The third-order valence-electron chi connectivity index (χ3n) is 8.68. The van der Waals surface area contributed by atoms with Gasteiger partial charge in [0.25, 0.3) is 5.91 Å². The van der Waals surface area contributed by atoms with Crippen LogP contribution in [0.25, 0.3) is 0 Å². The van der Waals surface area contributed by atoms with Crippen LogP contribution >= 0.6 is 23.2 Å². The predicted molar refractivity (Wildman–Crippen MR) is 158 cm³/mol. The molecule has 0 radical (unpaired) electrons. The summed E-state index contributed by atoms with van der Waals surface area (Å²) in [4.78, 5) is 24.9. The maximum absolute atomic E-state index is 12.7. The first-order valence-corrected chi connectivity index (χ1v) is 15.1. The zero-order chi connectivity index (χ0) is 26.5. The van der Waals surface area contributed by atoms with Gasteiger partial charge in [0.1, 0.15) is 5.82 Å². The first kappa shape index (κ1) is 27.7. The molecule has 5 rings (SSSR count). The van der Waals surface area contributed by atoms with Crippen LogP contribution in [-0.2, 0) is 6.54 Å². The van der Waals surface area contributed by atoms with E-state index in [0.29, 0.717) is 28.6 Å². The van der Waals surface area contributed by atoms with Crippen LogP contribution in [0.5, 0.6) is 0 Å². The van der Waals surface area contributed by atoms with Crippen molar-refractivity contribution in [1.29, 1.82) is 0 Å². The monoisotopic (exact) mass is 559 g/mol. The third kappa shape index (κ3) is 7.01. The number of pyridine rings is 1. The summed E-state index contributed by atoms with van der Waals surface area (Å²) in [5.74, 6) is 1.32. The summed E-state index contributed by atoms with van der Waals surface area (Å²) < 4.78 is 0. The van der Waals surface area contributed by atoms with Gasteiger partial charge in [-0.15, -0.1) is 0 Å². The molecule has 2 aliphatic heterocycles. The fourth-order valence-corrected chi connectivity index (χ4v) is 6.89. The summed E-state index contributed by atoms with van der Waals surface area (Å²) in [6, 6.07) is 11.0. The molecule has 2 aromatic rings. The van der Waals surface area contributed by atoms with Crippen LogP contribution in [0, 0.1) is 5.92 Å². The van der Waals surface area contributed by atoms with Crippen molar-refractivity contribution < 1.29 is 6.22 Å². The minimum atomic E-state index is -0.0721. The number of halogens is 2. The molecule has 0 bridgehead atoms. The summed E-state index contributed by atoms with van der Waals surface area (Å²) in [6.45, 7) is 9.09. The van der Waals surface area contributed by atoms with E-state index < -0.39 is 0 Å². The molecule has 1 N–H and O–H groups in total. The Hall–Kier alpha value is -1.86. The van der Waals surface area contributed by atoms with Gasteiger partial charge in [0.15, 0.2) is 0 Å². The molecule has 1 aromatic heterocycles. The molecule has 208 valence electrons. The molecule has 8 heteroatoms. The molecule has 1 amide bonds. The van der Waals surface area contributed by atoms with Crippen molar-refractivity contribution in [2.45, 2.75) is 70.5 Å². The molecule has 1 aliphatic carbocycles. The predicted octanol–water partition coefficient (Wildman–Crippen LogP) is 6.12. The second kappa shape index (κ2) is 13.0. The third-order valence-corrected chi connectivity index (χ3v) is 9.21. The van der Waals surface area contributed by atoms with Crippen LogP contribution in [0.3, 0.4) is 0 Å². The van der Waals surface area contributed by atoms with Crippen LogP contribution < -0.4 is 10.2 Å². The van der Waals surface area contributed by atoms with Gasteiger partial charge in [-0.1, -0.05) is 54.6 Å². The minimum Gasteiger partial charge on any atom is -0.353 e. The summed E-state index contributed by atoms with van der Waals surface area (Å²) in [5.41, 5.74) is 1.87. The largest absolute Gasteiger partial charge is 0.353 e. The highest BCUT2D eigenvalue weighted by Gasteiger charge is 2.32. The number of nitrogens with zero attached hydrogens (tertiary/aromatic N) is 4. The van der Waals surface area contributed by atoms with Crippen LogP contribution in [0.15, 0.2) is 36.5 Å². The first-order chi connectivity index (χ1) is 18.5. The van der Waals surface area contributed by atoms with E-state index >= 15 is 0 Å². The van der Waals surface area contributed by atoms with Gasteiger partial charge in [-0.05, 0) is 75.4 Å². The lowest BCUT2D eigenvalue weighted by atomic mass is 9.89. The Balaban J connectivity index is 0.00000353. The highest BCUT2D eigenvalue weighted by Crippen LogP contribution is 2.29. The molecular weight excluding hydrogens is 517 g/mol. The van der Waals surface area contributed by atoms with E-state index in [9.17, 15) is 4.79 Å². The van der Waals surface area contributed by atoms with E-state index in [0.717, 1.165) is 56.7 Å². The van der Waals surface area contributed by atoms with Crippen LogP contribution in [0.1, 0.15) is 69.2 Å². The quantitative estimate of drug-likeness (QED) is 0.442. The molecule has 1 atom stereocenters. The number of carbonyl (C=O) groups excluding carboxylic acids is 1. The maximum Gasteiger partial charge on any atom is 0.252 e. The van der Waals surface area contributed by atoms with Gasteiger partial charge in [-0.3, -0.25) is 14.6 Å². The normalized spacial score (nSPS) is 22.5. The molecule has 0 unspecified atom stereocenters. The van der Waals surface area contributed by atoms with E-state index in [4.69, 9.17) is 23.2 Å². The number of amides is 1. The summed E-state index contributed by atoms with van der Waals surface area (Å²) in [7, 11) is 0. The Morgan fingerprint density at radius 3 is 2.45 bits per heavy atom. The number of hydrogen-bond donors (Lipinski definition) is 1. The van der Waals surface area contributed by atoms with Gasteiger partial charge in [0.05, 0.1) is 10.6 Å². The second-order valence-corrected chi connectivity index (χ2v) is 12.3. The zero-order valence-corrected chi connectivity index (χ0v) is 24.1. The Morgan fingerprint density at radius 2 is 1.76 bits per heavy atom. The molecule has 6 nitrogen and oxygen atoms in total. The highest BCUT2D eigenvalue weighted by molar-refractivity contribution is 6.33. The van der Waals surface area contributed by atoms with E-state index in [1.807, 2.05) is 12.1 Å². The second-order valence-electron chi connectivity index (χ2n) is 11.4. The van der Waals surface area contributed by atoms with Gasteiger partial charge in [0, 0.05) is 57.5 Å². The van der Waals surface area contributed by atoms with Gasteiger partial charge in [-0.25, -0.2) is 4.98 Å². The van der Waals surface area contributed by atoms with Crippen LogP contribution in [0.2, 0.25) is 10.0 Å². The molecular formula is C30H43Cl2N5O. The smallest absolute Gasteiger partial charge is 0.252 e.